The molecule has 0 bridgehead atoms. The molecule has 1 fully saturated rings. The number of nitrogens with one attached hydrogen (secondary N) is 3. The summed E-state index contributed by atoms with van der Waals surface area (Å²) in [4.78, 5) is 6.68. The second kappa shape index (κ2) is 14.6. The highest BCUT2D eigenvalue weighted by Crippen LogP contribution is 2.41. The number of amidine groups is 2. The molecule has 10 heteroatoms. The Bertz CT molecular complexity index is 1520. The molecule has 3 N–H and O–H groups in total. The van der Waals surface area contributed by atoms with Crippen LogP contribution in [-0.2, 0) is 0 Å². The first-order chi connectivity index (χ1) is 21.1. The fraction of sp³-hybridized carbons (Fsp3) is 0.471. The number of hydrogen-bond acceptors (Lipinski definition) is 4. The van der Waals surface area contributed by atoms with Gasteiger partial charge in [0.25, 0.3) is 0 Å². The van der Waals surface area contributed by atoms with Crippen molar-refractivity contribution < 1.29 is 8.78 Å². The van der Waals surface area contributed by atoms with Crippen molar-refractivity contribution in [2.75, 3.05) is 12.4 Å². The molecule has 2 aromatic heterocycles. The van der Waals surface area contributed by atoms with Gasteiger partial charge in [0.15, 0.2) is 0 Å². The highest BCUT2D eigenvalue weighted by molar-refractivity contribution is 6.03. The Morgan fingerprint density at radius 1 is 1.18 bits per heavy atom. The van der Waals surface area contributed by atoms with E-state index in [0.29, 0.717) is 16.1 Å². The van der Waals surface area contributed by atoms with E-state index in [1.807, 2.05) is 25.1 Å². The average molecular weight is 605 g/mol. The van der Waals surface area contributed by atoms with Gasteiger partial charge in [-0.2, -0.15) is 13.9 Å². The zero-order valence-corrected chi connectivity index (χ0v) is 26.8. The number of aromatic nitrogens is 3. The van der Waals surface area contributed by atoms with Gasteiger partial charge in [-0.3, -0.25) is 10.8 Å². The molecular formula is C34H46F2N8. The Balaban J connectivity index is 1.84. The molecule has 0 aliphatic heterocycles. The molecule has 1 aliphatic carbocycles. The maximum absolute atomic E-state index is 13.5. The summed E-state index contributed by atoms with van der Waals surface area (Å²) >= 11 is 0. The Labute approximate surface area is 259 Å². The lowest BCUT2D eigenvalue weighted by molar-refractivity contribution is 0.0566. The van der Waals surface area contributed by atoms with Gasteiger partial charge in [-0.25, -0.2) is 9.67 Å². The highest BCUT2D eigenvalue weighted by Gasteiger charge is 2.25. The summed E-state index contributed by atoms with van der Waals surface area (Å²) in [6.07, 6.45) is 13.5. The SMILES string of the molecule is CCC(C)=Cc1cc(-c2cnn(C(F)F)c2)n(C2CCCCC2)c1/N=C(\C)Nc1ccc(C(=N)N(C)C=N)cc1C(C)CC. The number of rotatable bonds is 11. The van der Waals surface area contributed by atoms with Crippen LogP contribution in [0.5, 0.6) is 0 Å². The van der Waals surface area contributed by atoms with Crippen molar-refractivity contribution in [1.29, 1.82) is 10.8 Å². The predicted octanol–water partition coefficient (Wildman–Crippen LogP) is 9.60. The largest absolute Gasteiger partial charge is 0.344 e. The smallest absolute Gasteiger partial charge is 0.333 e. The van der Waals surface area contributed by atoms with E-state index >= 15 is 0 Å². The van der Waals surface area contributed by atoms with Crippen molar-refractivity contribution in [2.45, 2.75) is 98.1 Å². The quantitative estimate of drug-likeness (QED) is 0.150. The van der Waals surface area contributed by atoms with E-state index in [0.717, 1.165) is 78.8 Å². The maximum atomic E-state index is 13.5. The first-order valence-electron chi connectivity index (χ1n) is 15.6. The van der Waals surface area contributed by atoms with E-state index in [2.05, 4.69) is 54.8 Å². The molecule has 2 heterocycles. The van der Waals surface area contributed by atoms with E-state index in [-0.39, 0.29) is 17.8 Å². The van der Waals surface area contributed by atoms with Crippen LogP contribution in [0.4, 0.5) is 20.3 Å². The van der Waals surface area contributed by atoms with E-state index in [9.17, 15) is 8.78 Å². The van der Waals surface area contributed by atoms with Crippen LogP contribution < -0.4 is 5.32 Å². The minimum Gasteiger partial charge on any atom is -0.344 e. The summed E-state index contributed by atoms with van der Waals surface area (Å²) < 4.78 is 30.0. The summed E-state index contributed by atoms with van der Waals surface area (Å²) in [5.74, 6) is 2.02. The molecule has 1 unspecified atom stereocenters. The Morgan fingerprint density at radius 3 is 2.52 bits per heavy atom. The van der Waals surface area contributed by atoms with Crippen LogP contribution in [0, 0.1) is 10.8 Å². The Hall–Kier alpha value is -4.08. The fourth-order valence-electron chi connectivity index (χ4n) is 5.74. The highest BCUT2D eigenvalue weighted by atomic mass is 19.3. The zero-order chi connectivity index (χ0) is 32.0. The Morgan fingerprint density at radius 2 is 1.91 bits per heavy atom. The number of hydrogen-bond donors (Lipinski definition) is 3. The van der Waals surface area contributed by atoms with Crippen LogP contribution in [0.3, 0.4) is 0 Å². The molecule has 0 spiro atoms. The van der Waals surface area contributed by atoms with Gasteiger partial charge < -0.3 is 14.8 Å². The molecule has 1 saturated carbocycles. The minimum absolute atomic E-state index is 0.205. The number of alkyl halides is 2. The summed E-state index contributed by atoms with van der Waals surface area (Å²) in [7, 11) is 1.70. The number of allylic oxidation sites excluding steroid dienone is 1. The van der Waals surface area contributed by atoms with Crippen molar-refractivity contribution in [3.63, 3.8) is 0 Å². The van der Waals surface area contributed by atoms with Gasteiger partial charge in [0.1, 0.15) is 17.5 Å². The summed E-state index contributed by atoms with van der Waals surface area (Å²) in [5, 5.41) is 23.5. The topological polar surface area (TPSA) is 98.1 Å². The van der Waals surface area contributed by atoms with Crippen LogP contribution in [-0.4, -0.2) is 44.3 Å². The lowest BCUT2D eigenvalue weighted by Gasteiger charge is -2.27. The third kappa shape index (κ3) is 7.34. The second-order valence-electron chi connectivity index (χ2n) is 11.8. The molecule has 1 aromatic carbocycles. The molecule has 0 amide bonds. The van der Waals surface area contributed by atoms with Crippen LogP contribution >= 0.6 is 0 Å². The third-order valence-corrected chi connectivity index (χ3v) is 8.64. The predicted molar refractivity (Wildman–Crippen MR) is 178 cm³/mol. The summed E-state index contributed by atoms with van der Waals surface area (Å²) in [6, 6.07) is 8.17. The monoisotopic (exact) mass is 604 g/mol. The van der Waals surface area contributed by atoms with E-state index < -0.39 is 6.55 Å². The summed E-state index contributed by atoms with van der Waals surface area (Å²) in [6.45, 7) is 7.77. The van der Waals surface area contributed by atoms with Gasteiger partial charge in [0.2, 0.25) is 0 Å². The molecule has 1 atom stereocenters. The number of halogens is 2. The number of nitrogens with zero attached hydrogens (tertiary/aromatic N) is 5. The lowest BCUT2D eigenvalue weighted by Crippen LogP contribution is -2.25. The van der Waals surface area contributed by atoms with E-state index in [4.69, 9.17) is 15.8 Å². The van der Waals surface area contributed by atoms with Gasteiger partial charge >= 0.3 is 6.55 Å². The van der Waals surface area contributed by atoms with Gasteiger partial charge in [0, 0.05) is 41.7 Å². The molecule has 8 nitrogen and oxygen atoms in total. The molecule has 4 rings (SSSR count). The fourth-order valence-corrected chi connectivity index (χ4v) is 5.74. The van der Waals surface area contributed by atoms with E-state index in [1.165, 1.54) is 29.3 Å². The number of anilines is 1. The number of aliphatic imine (C=N–C) groups is 1. The van der Waals surface area contributed by atoms with Gasteiger partial charge in [0.05, 0.1) is 18.2 Å². The van der Waals surface area contributed by atoms with Gasteiger partial charge in [-0.1, -0.05) is 51.7 Å². The molecular weight excluding hydrogens is 558 g/mol. The standard InChI is InChI=1S/C34H46F2N8/c1-7-22(3)16-26-18-31(27-19-39-43(20-27)34(35)36)44(28-12-10-9-11-13-28)33(26)41-24(5)40-30-15-14-25(32(38)42(6)21-37)17-29(30)23(4)8-2/h14-21,23,28,34,37-38H,7-13H2,1-6H3,(H,40,41). The average Bonchev–Trinajstić information content (AvgIpc) is 3.66. The molecule has 3 aromatic rings. The first-order valence-corrected chi connectivity index (χ1v) is 15.6. The van der Waals surface area contributed by atoms with E-state index in [1.54, 1.807) is 7.05 Å². The molecule has 0 saturated heterocycles. The Kier molecular flexibility index (Phi) is 10.9. The van der Waals surface area contributed by atoms with Gasteiger partial charge in [-0.15, -0.1) is 0 Å². The minimum atomic E-state index is -2.70. The van der Waals surface area contributed by atoms with Crippen molar-refractivity contribution in [2.24, 2.45) is 4.99 Å². The van der Waals surface area contributed by atoms with Crippen LogP contribution in [0.15, 0.2) is 47.2 Å². The molecule has 0 radical (unpaired) electrons. The van der Waals surface area contributed by atoms with Gasteiger partial charge in [-0.05, 0) is 75.3 Å². The van der Waals surface area contributed by atoms with Crippen LogP contribution in [0.1, 0.15) is 115 Å². The molecule has 1 aliphatic rings. The third-order valence-electron chi connectivity index (χ3n) is 8.64. The normalized spacial score (nSPS) is 15.5. The van der Waals surface area contributed by atoms with Crippen LogP contribution in [0.25, 0.3) is 17.3 Å². The van der Waals surface area contributed by atoms with Crippen LogP contribution in [0.2, 0.25) is 0 Å². The van der Waals surface area contributed by atoms with Crippen molar-refractivity contribution in [3.8, 4) is 11.3 Å². The zero-order valence-electron chi connectivity index (χ0n) is 26.8. The maximum Gasteiger partial charge on any atom is 0.333 e. The second-order valence-corrected chi connectivity index (χ2v) is 11.8. The van der Waals surface area contributed by atoms with Crippen molar-refractivity contribution >= 4 is 35.6 Å². The lowest BCUT2D eigenvalue weighted by atomic mass is 9.94. The number of benzene rings is 1. The molecule has 236 valence electrons. The molecule has 44 heavy (non-hydrogen) atoms. The first kappa shape index (κ1) is 32.8. The van der Waals surface area contributed by atoms with Crippen molar-refractivity contribution in [1.82, 2.24) is 19.2 Å². The summed E-state index contributed by atoms with van der Waals surface area (Å²) in [5.41, 5.74) is 6.40. The van der Waals surface area contributed by atoms with Crippen molar-refractivity contribution in [3.05, 3.63) is 58.9 Å².